The van der Waals surface area contributed by atoms with Gasteiger partial charge in [-0.15, -0.1) is 0 Å². The first kappa shape index (κ1) is 7.80. The highest BCUT2D eigenvalue weighted by atomic mass is 14.9. The van der Waals surface area contributed by atoms with Gasteiger partial charge in [0.05, 0.1) is 0 Å². The Labute approximate surface area is 63.5 Å². The predicted octanol–water partition coefficient (Wildman–Crippen LogP) is 2.09. The molecule has 10 heavy (non-hydrogen) atoms. The molecule has 58 valence electrons. The Morgan fingerprint density at radius 1 is 1.30 bits per heavy atom. The summed E-state index contributed by atoms with van der Waals surface area (Å²) in [5, 5.41) is 3.48. The fourth-order valence-corrected chi connectivity index (χ4v) is 1.40. The van der Waals surface area contributed by atoms with E-state index in [0.717, 1.165) is 0 Å². The van der Waals surface area contributed by atoms with Crippen molar-refractivity contribution in [3.8, 4) is 0 Å². The SMILES string of the molecule is CC(C)=C(C)C1CCCN1. The van der Waals surface area contributed by atoms with Crippen LogP contribution in [0.4, 0.5) is 0 Å². The molecular weight excluding hydrogens is 122 g/mol. The normalized spacial score (nSPS) is 24.9. The standard InChI is InChI=1S/C9H17N/c1-7(2)8(3)9-5-4-6-10-9/h9-10H,4-6H2,1-3H3. The summed E-state index contributed by atoms with van der Waals surface area (Å²) in [7, 11) is 0. The third kappa shape index (κ3) is 1.60. The summed E-state index contributed by atoms with van der Waals surface area (Å²) >= 11 is 0. The van der Waals surface area contributed by atoms with E-state index < -0.39 is 0 Å². The lowest BCUT2D eigenvalue weighted by Gasteiger charge is -2.12. The number of nitrogens with one attached hydrogen (secondary N) is 1. The van der Waals surface area contributed by atoms with Crippen molar-refractivity contribution in [1.29, 1.82) is 0 Å². The Morgan fingerprint density at radius 2 is 2.00 bits per heavy atom. The molecule has 0 amide bonds. The van der Waals surface area contributed by atoms with E-state index in [9.17, 15) is 0 Å². The van der Waals surface area contributed by atoms with Crippen LogP contribution in [0.25, 0.3) is 0 Å². The molecule has 1 atom stereocenters. The minimum atomic E-state index is 0.685. The second-order valence-electron chi connectivity index (χ2n) is 3.33. The van der Waals surface area contributed by atoms with Gasteiger partial charge in [0.2, 0.25) is 0 Å². The zero-order valence-corrected chi connectivity index (χ0v) is 7.20. The van der Waals surface area contributed by atoms with Crippen LogP contribution in [-0.4, -0.2) is 12.6 Å². The maximum Gasteiger partial charge on any atom is 0.0279 e. The van der Waals surface area contributed by atoms with E-state index in [4.69, 9.17) is 0 Å². The first-order valence-corrected chi connectivity index (χ1v) is 4.09. The van der Waals surface area contributed by atoms with Crippen molar-refractivity contribution in [2.75, 3.05) is 6.54 Å². The molecule has 1 saturated heterocycles. The molecule has 1 aliphatic rings. The molecule has 0 saturated carbocycles. The van der Waals surface area contributed by atoms with Gasteiger partial charge >= 0.3 is 0 Å². The molecule has 0 aliphatic carbocycles. The average molecular weight is 139 g/mol. The summed E-state index contributed by atoms with van der Waals surface area (Å²) in [6, 6.07) is 0.685. The average Bonchev–Trinajstić information content (AvgIpc) is 2.36. The molecule has 1 rings (SSSR count). The summed E-state index contributed by atoms with van der Waals surface area (Å²) in [6.07, 6.45) is 2.67. The smallest absolute Gasteiger partial charge is 0.0279 e. The minimum absolute atomic E-state index is 0.685. The van der Waals surface area contributed by atoms with Gasteiger partial charge in [-0.2, -0.15) is 0 Å². The molecule has 1 unspecified atom stereocenters. The van der Waals surface area contributed by atoms with Gasteiger partial charge in [0.1, 0.15) is 0 Å². The van der Waals surface area contributed by atoms with Gasteiger partial charge in [0.15, 0.2) is 0 Å². The molecule has 1 N–H and O–H groups in total. The van der Waals surface area contributed by atoms with Gasteiger partial charge in [-0.3, -0.25) is 0 Å². The van der Waals surface area contributed by atoms with E-state index >= 15 is 0 Å². The molecule has 0 aromatic carbocycles. The molecule has 0 aromatic heterocycles. The summed E-state index contributed by atoms with van der Waals surface area (Å²) in [6.45, 7) is 7.82. The second-order valence-corrected chi connectivity index (χ2v) is 3.33. The van der Waals surface area contributed by atoms with Crippen LogP contribution < -0.4 is 5.32 Å². The molecule has 1 fully saturated rings. The minimum Gasteiger partial charge on any atom is -0.310 e. The Hall–Kier alpha value is -0.300. The summed E-state index contributed by atoms with van der Waals surface area (Å²) in [4.78, 5) is 0. The van der Waals surface area contributed by atoms with Crippen molar-refractivity contribution < 1.29 is 0 Å². The van der Waals surface area contributed by atoms with Crippen LogP contribution in [0.1, 0.15) is 33.6 Å². The number of hydrogen-bond donors (Lipinski definition) is 1. The first-order chi connectivity index (χ1) is 4.72. The van der Waals surface area contributed by atoms with Gasteiger partial charge in [-0.25, -0.2) is 0 Å². The van der Waals surface area contributed by atoms with Crippen LogP contribution in [0, 0.1) is 0 Å². The zero-order valence-electron chi connectivity index (χ0n) is 7.20. The zero-order chi connectivity index (χ0) is 7.56. The Morgan fingerprint density at radius 3 is 2.40 bits per heavy atom. The molecule has 1 aliphatic heterocycles. The predicted molar refractivity (Wildman–Crippen MR) is 45.1 cm³/mol. The van der Waals surface area contributed by atoms with Crippen LogP contribution in [0.3, 0.4) is 0 Å². The molecule has 0 radical (unpaired) electrons. The topological polar surface area (TPSA) is 12.0 Å². The van der Waals surface area contributed by atoms with E-state index in [1.165, 1.54) is 30.5 Å². The highest BCUT2D eigenvalue weighted by molar-refractivity contribution is 5.15. The maximum atomic E-state index is 3.48. The van der Waals surface area contributed by atoms with Gasteiger partial charge in [-0.05, 0) is 40.2 Å². The van der Waals surface area contributed by atoms with Crippen LogP contribution in [-0.2, 0) is 0 Å². The summed E-state index contributed by atoms with van der Waals surface area (Å²) in [5.41, 5.74) is 3.01. The van der Waals surface area contributed by atoms with E-state index in [0.29, 0.717) is 6.04 Å². The lowest BCUT2D eigenvalue weighted by molar-refractivity contribution is 0.682. The van der Waals surface area contributed by atoms with Crippen LogP contribution in [0.2, 0.25) is 0 Å². The highest BCUT2D eigenvalue weighted by Crippen LogP contribution is 2.16. The van der Waals surface area contributed by atoms with Gasteiger partial charge in [0.25, 0.3) is 0 Å². The van der Waals surface area contributed by atoms with Crippen molar-refractivity contribution in [2.24, 2.45) is 0 Å². The van der Waals surface area contributed by atoms with E-state index in [-0.39, 0.29) is 0 Å². The first-order valence-electron chi connectivity index (χ1n) is 4.09. The van der Waals surface area contributed by atoms with Gasteiger partial charge in [0, 0.05) is 6.04 Å². The number of hydrogen-bond acceptors (Lipinski definition) is 1. The van der Waals surface area contributed by atoms with Crippen LogP contribution in [0.5, 0.6) is 0 Å². The Balaban J connectivity index is 2.56. The van der Waals surface area contributed by atoms with E-state index in [2.05, 4.69) is 26.1 Å². The fourth-order valence-electron chi connectivity index (χ4n) is 1.40. The van der Waals surface area contributed by atoms with Crippen LogP contribution in [0.15, 0.2) is 11.1 Å². The lowest BCUT2D eigenvalue weighted by Crippen LogP contribution is -2.22. The van der Waals surface area contributed by atoms with Crippen molar-refractivity contribution >= 4 is 0 Å². The highest BCUT2D eigenvalue weighted by Gasteiger charge is 2.15. The summed E-state index contributed by atoms with van der Waals surface area (Å²) < 4.78 is 0. The number of allylic oxidation sites excluding steroid dienone is 1. The lowest BCUT2D eigenvalue weighted by atomic mass is 10.0. The van der Waals surface area contributed by atoms with Gasteiger partial charge in [-0.1, -0.05) is 11.1 Å². The molecule has 0 aromatic rings. The molecule has 0 bridgehead atoms. The third-order valence-electron chi connectivity index (χ3n) is 2.37. The quantitative estimate of drug-likeness (QED) is 0.548. The molecule has 0 spiro atoms. The van der Waals surface area contributed by atoms with E-state index in [1.54, 1.807) is 0 Å². The molecule has 1 heterocycles. The van der Waals surface area contributed by atoms with Crippen LogP contribution >= 0.6 is 0 Å². The Kier molecular flexibility index (Phi) is 2.50. The molecule has 1 nitrogen and oxygen atoms in total. The second kappa shape index (κ2) is 3.20. The Bertz CT molecular complexity index is 137. The summed E-state index contributed by atoms with van der Waals surface area (Å²) in [5.74, 6) is 0. The monoisotopic (exact) mass is 139 g/mol. The fraction of sp³-hybridized carbons (Fsp3) is 0.778. The van der Waals surface area contributed by atoms with Gasteiger partial charge < -0.3 is 5.32 Å². The number of rotatable bonds is 1. The maximum absolute atomic E-state index is 3.48. The van der Waals surface area contributed by atoms with Crippen molar-refractivity contribution in [3.05, 3.63) is 11.1 Å². The molecular formula is C9H17N. The van der Waals surface area contributed by atoms with Crippen molar-refractivity contribution in [3.63, 3.8) is 0 Å². The van der Waals surface area contributed by atoms with Crippen molar-refractivity contribution in [1.82, 2.24) is 5.32 Å². The van der Waals surface area contributed by atoms with Crippen molar-refractivity contribution in [2.45, 2.75) is 39.7 Å². The largest absolute Gasteiger partial charge is 0.310 e. The third-order valence-corrected chi connectivity index (χ3v) is 2.37. The molecule has 1 heteroatoms. The van der Waals surface area contributed by atoms with E-state index in [1.807, 2.05) is 0 Å².